The lowest BCUT2D eigenvalue weighted by atomic mass is 10.1. The molecule has 0 saturated heterocycles. The van der Waals surface area contributed by atoms with Crippen molar-refractivity contribution in [2.24, 2.45) is 5.92 Å². The summed E-state index contributed by atoms with van der Waals surface area (Å²) in [5, 5.41) is 24.2. The second-order valence-corrected chi connectivity index (χ2v) is 5.37. The molecule has 0 aliphatic heterocycles. The zero-order valence-corrected chi connectivity index (χ0v) is 11.9. The highest BCUT2D eigenvalue weighted by Gasteiger charge is 2.14. The van der Waals surface area contributed by atoms with Gasteiger partial charge in [-0.2, -0.15) is 0 Å². The van der Waals surface area contributed by atoms with Crippen LogP contribution in [-0.2, 0) is 6.54 Å². The fraction of sp³-hybridized carbons (Fsp3) is 0.294. The van der Waals surface area contributed by atoms with Crippen molar-refractivity contribution in [3.8, 4) is 0 Å². The third-order valence-corrected chi connectivity index (χ3v) is 3.82. The van der Waals surface area contributed by atoms with E-state index in [1.54, 1.807) is 6.92 Å². The van der Waals surface area contributed by atoms with Crippen LogP contribution in [-0.4, -0.2) is 23.0 Å². The Morgan fingerprint density at radius 2 is 1.86 bits per heavy atom. The molecule has 3 rings (SSSR count). The van der Waals surface area contributed by atoms with Crippen molar-refractivity contribution >= 4 is 21.9 Å². The Labute approximate surface area is 123 Å². The zero-order valence-electron chi connectivity index (χ0n) is 11.9. The number of fused-ring (bicyclic) bond motifs is 3. The lowest BCUT2D eigenvalue weighted by Gasteiger charge is -2.18. The van der Waals surface area contributed by atoms with Crippen molar-refractivity contribution in [1.29, 1.82) is 0 Å². The van der Waals surface area contributed by atoms with Crippen molar-refractivity contribution in [3.63, 3.8) is 0 Å². The van der Waals surface area contributed by atoms with E-state index in [0.717, 1.165) is 27.5 Å². The Morgan fingerprint density at radius 1 is 1.10 bits per heavy atom. The molecule has 0 amide bonds. The first kappa shape index (κ1) is 14.1. The average Bonchev–Trinajstić information content (AvgIpc) is 2.90. The summed E-state index contributed by atoms with van der Waals surface area (Å²) in [6, 6.07) is 13.9. The number of benzene rings is 2. The van der Waals surface area contributed by atoms with E-state index in [4.69, 9.17) is 9.52 Å². The molecule has 1 aromatic heterocycles. The summed E-state index contributed by atoms with van der Waals surface area (Å²) >= 11 is 0. The molecule has 2 aromatic carbocycles. The molecule has 0 aliphatic rings. The Kier molecular flexibility index (Phi) is 3.92. The molecule has 110 valence electrons. The van der Waals surface area contributed by atoms with Crippen LogP contribution in [0.25, 0.3) is 21.9 Å². The fourth-order valence-corrected chi connectivity index (χ4v) is 2.51. The standard InChI is InChI=1S/C17H19NO3/c1-11(10-19)17(20)18-9-12-5-4-8-15-16(12)13-6-2-3-7-14(13)21-15/h2-8,11,17-20H,9-10H2,1H3. The van der Waals surface area contributed by atoms with Gasteiger partial charge in [-0.15, -0.1) is 0 Å². The minimum absolute atomic E-state index is 0.0486. The number of hydrogen-bond acceptors (Lipinski definition) is 4. The summed E-state index contributed by atoms with van der Waals surface area (Å²) in [5.41, 5.74) is 2.78. The van der Waals surface area contributed by atoms with Crippen LogP contribution in [0.3, 0.4) is 0 Å². The Bertz CT molecular complexity index is 750. The van der Waals surface area contributed by atoms with Crippen LogP contribution in [0.15, 0.2) is 46.9 Å². The lowest BCUT2D eigenvalue weighted by molar-refractivity contribution is 0.0495. The number of para-hydroxylation sites is 1. The highest BCUT2D eigenvalue weighted by molar-refractivity contribution is 6.06. The monoisotopic (exact) mass is 285 g/mol. The molecule has 0 fully saturated rings. The van der Waals surface area contributed by atoms with Crippen LogP contribution < -0.4 is 5.32 Å². The quantitative estimate of drug-likeness (QED) is 0.630. The molecule has 0 spiro atoms. The van der Waals surface area contributed by atoms with Crippen LogP contribution in [0.5, 0.6) is 0 Å². The van der Waals surface area contributed by atoms with Crippen LogP contribution in [0, 0.1) is 5.92 Å². The van der Waals surface area contributed by atoms with Gasteiger partial charge in [0.25, 0.3) is 0 Å². The van der Waals surface area contributed by atoms with E-state index >= 15 is 0 Å². The number of hydrogen-bond donors (Lipinski definition) is 3. The Morgan fingerprint density at radius 3 is 2.67 bits per heavy atom. The van der Waals surface area contributed by atoms with Gasteiger partial charge in [-0.05, 0) is 17.7 Å². The first-order valence-corrected chi connectivity index (χ1v) is 7.12. The molecule has 3 N–H and O–H groups in total. The minimum atomic E-state index is -0.733. The van der Waals surface area contributed by atoms with Crippen molar-refractivity contribution in [1.82, 2.24) is 5.32 Å². The summed E-state index contributed by atoms with van der Waals surface area (Å²) in [5.74, 6) is -0.203. The second kappa shape index (κ2) is 5.85. The zero-order chi connectivity index (χ0) is 14.8. The highest BCUT2D eigenvalue weighted by atomic mass is 16.3. The van der Waals surface area contributed by atoms with E-state index in [2.05, 4.69) is 5.32 Å². The van der Waals surface area contributed by atoms with Crippen LogP contribution in [0.4, 0.5) is 0 Å². The normalized spacial score (nSPS) is 14.6. The molecule has 2 unspecified atom stereocenters. The average molecular weight is 285 g/mol. The van der Waals surface area contributed by atoms with E-state index in [1.165, 1.54) is 0 Å². The summed E-state index contributed by atoms with van der Waals surface area (Å²) in [6.07, 6.45) is -0.733. The van der Waals surface area contributed by atoms with Gasteiger partial charge in [0.1, 0.15) is 17.4 Å². The Hall–Kier alpha value is -1.88. The van der Waals surface area contributed by atoms with Crippen molar-refractivity contribution in [3.05, 3.63) is 48.0 Å². The van der Waals surface area contributed by atoms with E-state index < -0.39 is 6.23 Å². The van der Waals surface area contributed by atoms with E-state index in [-0.39, 0.29) is 12.5 Å². The third-order valence-electron chi connectivity index (χ3n) is 3.82. The smallest absolute Gasteiger partial charge is 0.135 e. The molecule has 0 aliphatic carbocycles. The van der Waals surface area contributed by atoms with Crippen molar-refractivity contribution in [2.45, 2.75) is 19.7 Å². The molecule has 0 bridgehead atoms. The molecule has 2 atom stereocenters. The van der Waals surface area contributed by atoms with Gasteiger partial charge >= 0.3 is 0 Å². The van der Waals surface area contributed by atoms with E-state index in [0.29, 0.717) is 6.54 Å². The second-order valence-electron chi connectivity index (χ2n) is 5.37. The Balaban J connectivity index is 1.95. The van der Waals surface area contributed by atoms with Gasteiger partial charge < -0.3 is 14.6 Å². The fourth-order valence-electron chi connectivity index (χ4n) is 2.51. The largest absolute Gasteiger partial charge is 0.456 e. The number of nitrogens with one attached hydrogen (secondary N) is 1. The minimum Gasteiger partial charge on any atom is -0.456 e. The number of aliphatic hydroxyl groups is 2. The van der Waals surface area contributed by atoms with Gasteiger partial charge in [-0.25, -0.2) is 0 Å². The summed E-state index contributed by atoms with van der Waals surface area (Å²) < 4.78 is 5.84. The maximum atomic E-state index is 9.92. The maximum Gasteiger partial charge on any atom is 0.135 e. The maximum absolute atomic E-state index is 9.92. The van der Waals surface area contributed by atoms with Gasteiger partial charge in [-0.1, -0.05) is 37.3 Å². The SMILES string of the molecule is CC(CO)C(O)NCc1cccc2oc3ccccc3c12. The summed E-state index contributed by atoms with van der Waals surface area (Å²) in [4.78, 5) is 0. The molecule has 1 heterocycles. The predicted molar refractivity (Wildman–Crippen MR) is 82.8 cm³/mol. The molecule has 4 heteroatoms. The van der Waals surface area contributed by atoms with Gasteiger partial charge in [0.15, 0.2) is 0 Å². The predicted octanol–water partition coefficient (Wildman–Crippen LogP) is 2.62. The molecule has 0 saturated carbocycles. The molecular formula is C17H19NO3. The van der Waals surface area contributed by atoms with Gasteiger partial charge in [-0.3, -0.25) is 5.32 Å². The van der Waals surface area contributed by atoms with Crippen LogP contribution in [0.2, 0.25) is 0 Å². The lowest BCUT2D eigenvalue weighted by Crippen LogP contribution is -2.35. The number of aliphatic hydroxyl groups excluding tert-OH is 2. The first-order chi connectivity index (χ1) is 10.2. The molecule has 21 heavy (non-hydrogen) atoms. The van der Waals surface area contributed by atoms with Gasteiger partial charge in [0.2, 0.25) is 0 Å². The number of rotatable bonds is 5. The van der Waals surface area contributed by atoms with Crippen LogP contribution >= 0.6 is 0 Å². The van der Waals surface area contributed by atoms with Gasteiger partial charge in [0.05, 0.1) is 0 Å². The third kappa shape index (κ3) is 2.65. The first-order valence-electron chi connectivity index (χ1n) is 7.12. The molecular weight excluding hydrogens is 266 g/mol. The highest BCUT2D eigenvalue weighted by Crippen LogP contribution is 2.31. The van der Waals surface area contributed by atoms with Crippen LogP contribution in [0.1, 0.15) is 12.5 Å². The topological polar surface area (TPSA) is 65.6 Å². The van der Waals surface area contributed by atoms with E-state index in [9.17, 15) is 5.11 Å². The molecule has 3 aromatic rings. The number of furan rings is 1. The van der Waals surface area contributed by atoms with E-state index in [1.807, 2.05) is 42.5 Å². The molecule has 4 nitrogen and oxygen atoms in total. The molecule has 0 radical (unpaired) electrons. The van der Waals surface area contributed by atoms with Gasteiger partial charge in [0, 0.05) is 29.8 Å². The van der Waals surface area contributed by atoms with Crippen molar-refractivity contribution in [2.75, 3.05) is 6.61 Å². The van der Waals surface area contributed by atoms with Crippen molar-refractivity contribution < 1.29 is 14.6 Å². The summed E-state index contributed by atoms with van der Waals surface area (Å²) in [6.45, 7) is 2.27. The summed E-state index contributed by atoms with van der Waals surface area (Å²) in [7, 11) is 0.